The summed E-state index contributed by atoms with van der Waals surface area (Å²) in [5.41, 5.74) is 7.23. The summed E-state index contributed by atoms with van der Waals surface area (Å²) in [5, 5.41) is 5.03. The van der Waals surface area contributed by atoms with Crippen molar-refractivity contribution in [2.75, 3.05) is 26.7 Å². The van der Waals surface area contributed by atoms with Gasteiger partial charge in [-0.25, -0.2) is 4.68 Å². The molecular formula is C24H30N4. The Morgan fingerprint density at radius 2 is 1.82 bits per heavy atom. The molecule has 1 aromatic heterocycles. The summed E-state index contributed by atoms with van der Waals surface area (Å²) in [6, 6.07) is 17.7. The van der Waals surface area contributed by atoms with E-state index in [-0.39, 0.29) is 0 Å². The molecule has 4 rings (SSSR count). The SMILES string of the molecule is Cc1ccc(C)c(-n2cc(CN3CCN(C)[C@@H](C)C3)c(-c3ccccc3)n2)c1. The first kappa shape index (κ1) is 18.9. The van der Waals surface area contributed by atoms with Gasteiger partial charge in [0.2, 0.25) is 0 Å². The topological polar surface area (TPSA) is 24.3 Å². The quantitative estimate of drug-likeness (QED) is 0.681. The zero-order valence-corrected chi connectivity index (χ0v) is 17.4. The standard InChI is InChI=1S/C24H30N4/c1-18-10-11-19(2)23(14-18)28-17-22(16-27-13-12-26(4)20(3)15-27)24(25-28)21-8-6-5-7-9-21/h5-11,14,17,20H,12-13,15-16H2,1-4H3/t20-/m0/s1. The molecular weight excluding hydrogens is 344 g/mol. The number of hydrogen-bond donors (Lipinski definition) is 0. The number of benzene rings is 2. The van der Waals surface area contributed by atoms with Gasteiger partial charge in [0.25, 0.3) is 0 Å². The molecule has 2 heterocycles. The molecule has 4 nitrogen and oxygen atoms in total. The Morgan fingerprint density at radius 1 is 1.04 bits per heavy atom. The second kappa shape index (κ2) is 7.90. The van der Waals surface area contributed by atoms with E-state index in [9.17, 15) is 0 Å². The van der Waals surface area contributed by atoms with Crippen molar-refractivity contribution >= 4 is 0 Å². The van der Waals surface area contributed by atoms with Crippen LogP contribution in [0.3, 0.4) is 0 Å². The van der Waals surface area contributed by atoms with Crippen LogP contribution in [0.25, 0.3) is 16.9 Å². The highest BCUT2D eigenvalue weighted by molar-refractivity contribution is 5.63. The van der Waals surface area contributed by atoms with Gasteiger partial charge >= 0.3 is 0 Å². The second-order valence-corrected chi connectivity index (χ2v) is 8.17. The van der Waals surface area contributed by atoms with Crippen molar-refractivity contribution in [3.05, 3.63) is 71.4 Å². The maximum absolute atomic E-state index is 5.03. The minimum Gasteiger partial charge on any atom is -0.301 e. The third-order valence-electron chi connectivity index (χ3n) is 5.89. The zero-order chi connectivity index (χ0) is 19.7. The summed E-state index contributed by atoms with van der Waals surface area (Å²) in [6.45, 7) is 10.9. The Labute approximate surface area is 168 Å². The Morgan fingerprint density at radius 3 is 2.57 bits per heavy atom. The van der Waals surface area contributed by atoms with Gasteiger partial charge < -0.3 is 4.90 Å². The van der Waals surface area contributed by atoms with Gasteiger partial charge in [-0.2, -0.15) is 5.10 Å². The van der Waals surface area contributed by atoms with E-state index in [4.69, 9.17) is 5.10 Å². The monoisotopic (exact) mass is 374 g/mol. The fraction of sp³-hybridized carbons (Fsp3) is 0.375. The van der Waals surface area contributed by atoms with E-state index in [1.165, 1.54) is 22.3 Å². The average Bonchev–Trinajstić information content (AvgIpc) is 3.11. The number of hydrogen-bond acceptors (Lipinski definition) is 3. The highest BCUT2D eigenvalue weighted by atomic mass is 15.3. The minimum absolute atomic E-state index is 0.586. The summed E-state index contributed by atoms with van der Waals surface area (Å²) >= 11 is 0. The highest BCUT2D eigenvalue weighted by Gasteiger charge is 2.23. The molecule has 28 heavy (non-hydrogen) atoms. The van der Waals surface area contributed by atoms with Crippen LogP contribution in [0.5, 0.6) is 0 Å². The molecule has 0 saturated carbocycles. The fourth-order valence-corrected chi connectivity index (χ4v) is 3.96. The van der Waals surface area contributed by atoms with Gasteiger partial charge in [-0.1, -0.05) is 42.5 Å². The number of piperazine rings is 1. The lowest BCUT2D eigenvalue weighted by atomic mass is 10.1. The normalized spacial score (nSPS) is 18.5. The van der Waals surface area contributed by atoms with E-state index in [1.54, 1.807) is 0 Å². The summed E-state index contributed by atoms with van der Waals surface area (Å²) in [7, 11) is 2.22. The third kappa shape index (κ3) is 3.89. The van der Waals surface area contributed by atoms with E-state index in [1.807, 2.05) is 0 Å². The first-order valence-electron chi connectivity index (χ1n) is 10.2. The first-order chi connectivity index (χ1) is 13.5. The molecule has 0 N–H and O–H groups in total. The number of nitrogens with zero attached hydrogens (tertiary/aromatic N) is 4. The zero-order valence-electron chi connectivity index (χ0n) is 17.4. The molecule has 1 aliphatic rings. The van der Waals surface area contributed by atoms with Gasteiger partial charge in [-0.05, 0) is 45.0 Å². The van der Waals surface area contributed by atoms with Gasteiger partial charge in [0.05, 0.1) is 11.4 Å². The average molecular weight is 375 g/mol. The van der Waals surface area contributed by atoms with E-state index in [2.05, 4.69) is 97.0 Å². The van der Waals surface area contributed by atoms with E-state index < -0.39 is 0 Å². The van der Waals surface area contributed by atoms with Crippen LogP contribution in [0.15, 0.2) is 54.7 Å². The predicted octanol–water partition coefficient (Wildman–Crippen LogP) is 4.29. The van der Waals surface area contributed by atoms with E-state index in [0.29, 0.717) is 6.04 Å². The largest absolute Gasteiger partial charge is 0.301 e. The number of aryl methyl sites for hydroxylation is 2. The molecule has 0 aliphatic carbocycles. The maximum Gasteiger partial charge on any atom is 0.0972 e. The van der Waals surface area contributed by atoms with E-state index in [0.717, 1.165) is 37.6 Å². The van der Waals surface area contributed by atoms with Crippen molar-refractivity contribution in [1.29, 1.82) is 0 Å². The van der Waals surface area contributed by atoms with Crippen LogP contribution in [-0.4, -0.2) is 52.3 Å². The lowest BCUT2D eigenvalue weighted by Gasteiger charge is -2.37. The van der Waals surface area contributed by atoms with Crippen LogP contribution < -0.4 is 0 Å². The first-order valence-corrected chi connectivity index (χ1v) is 10.2. The van der Waals surface area contributed by atoms with Gasteiger partial charge in [0.1, 0.15) is 0 Å². The molecule has 0 bridgehead atoms. The summed E-state index contributed by atoms with van der Waals surface area (Å²) < 4.78 is 2.07. The Bertz CT molecular complexity index is 944. The molecule has 1 aliphatic heterocycles. The van der Waals surface area contributed by atoms with Gasteiger partial charge in [-0.3, -0.25) is 4.90 Å². The molecule has 0 spiro atoms. The summed E-state index contributed by atoms with van der Waals surface area (Å²) in [4.78, 5) is 5.00. The third-order valence-corrected chi connectivity index (χ3v) is 5.89. The Balaban J connectivity index is 1.72. The summed E-state index contributed by atoms with van der Waals surface area (Å²) in [5.74, 6) is 0. The number of likely N-dealkylation sites (N-methyl/N-ethyl adjacent to an activating group) is 1. The Kier molecular flexibility index (Phi) is 5.33. The van der Waals surface area contributed by atoms with Crippen LogP contribution >= 0.6 is 0 Å². The molecule has 1 saturated heterocycles. The summed E-state index contributed by atoms with van der Waals surface area (Å²) in [6.07, 6.45) is 2.23. The number of aromatic nitrogens is 2. The molecule has 1 fully saturated rings. The lowest BCUT2D eigenvalue weighted by molar-refractivity contribution is 0.100. The van der Waals surface area contributed by atoms with Crippen LogP contribution in [0.2, 0.25) is 0 Å². The molecule has 0 unspecified atom stereocenters. The Hall–Kier alpha value is -2.43. The van der Waals surface area contributed by atoms with Gasteiger partial charge in [-0.15, -0.1) is 0 Å². The van der Waals surface area contributed by atoms with Gasteiger partial charge in [0, 0.05) is 49.5 Å². The van der Waals surface area contributed by atoms with Crippen molar-refractivity contribution in [1.82, 2.24) is 19.6 Å². The van der Waals surface area contributed by atoms with Crippen molar-refractivity contribution < 1.29 is 0 Å². The molecule has 2 aromatic carbocycles. The number of rotatable bonds is 4. The smallest absolute Gasteiger partial charge is 0.0972 e. The minimum atomic E-state index is 0.586. The second-order valence-electron chi connectivity index (χ2n) is 8.17. The van der Waals surface area contributed by atoms with Crippen molar-refractivity contribution in [3.63, 3.8) is 0 Å². The van der Waals surface area contributed by atoms with Crippen LogP contribution in [-0.2, 0) is 6.54 Å². The molecule has 0 amide bonds. The van der Waals surface area contributed by atoms with Crippen molar-refractivity contribution in [2.24, 2.45) is 0 Å². The molecule has 1 atom stereocenters. The van der Waals surface area contributed by atoms with Crippen LogP contribution in [0.4, 0.5) is 0 Å². The van der Waals surface area contributed by atoms with Crippen molar-refractivity contribution in [3.8, 4) is 16.9 Å². The van der Waals surface area contributed by atoms with E-state index >= 15 is 0 Å². The fourth-order valence-electron chi connectivity index (χ4n) is 3.96. The molecule has 146 valence electrons. The molecule has 0 radical (unpaired) electrons. The van der Waals surface area contributed by atoms with Gasteiger partial charge in [0.15, 0.2) is 0 Å². The maximum atomic E-state index is 5.03. The molecule has 4 heteroatoms. The van der Waals surface area contributed by atoms with Crippen LogP contribution in [0.1, 0.15) is 23.6 Å². The predicted molar refractivity (Wildman–Crippen MR) is 116 cm³/mol. The van der Waals surface area contributed by atoms with Crippen molar-refractivity contribution in [2.45, 2.75) is 33.4 Å². The lowest BCUT2D eigenvalue weighted by Crippen LogP contribution is -2.49. The van der Waals surface area contributed by atoms with Crippen LogP contribution in [0, 0.1) is 13.8 Å². The highest BCUT2D eigenvalue weighted by Crippen LogP contribution is 2.26. The molecule has 3 aromatic rings.